The second-order valence-electron chi connectivity index (χ2n) is 7.90. The van der Waals surface area contributed by atoms with Crippen LogP contribution >= 0.6 is 0 Å². The normalized spacial score (nSPS) is 23.7. The van der Waals surface area contributed by atoms with Crippen LogP contribution in [-0.2, 0) is 0 Å². The van der Waals surface area contributed by atoms with E-state index in [1.54, 1.807) is 12.1 Å². The maximum absolute atomic E-state index is 13.2. The zero-order valence-corrected chi connectivity index (χ0v) is 16.6. The van der Waals surface area contributed by atoms with E-state index in [1.807, 2.05) is 41.8 Å². The van der Waals surface area contributed by atoms with E-state index in [4.69, 9.17) is 11.0 Å². The van der Waals surface area contributed by atoms with Crippen molar-refractivity contribution in [3.8, 4) is 11.8 Å². The van der Waals surface area contributed by atoms with E-state index >= 15 is 0 Å². The summed E-state index contributed by atoms with van der Waals surface area (Å²) in [4.78, 5) is 15.4. The number of rotatable bonds is 6. The highest BCUT2D eigenvalue weighted by Gasteiger charge is 2.46. The Hall–Kier alpha value is -2.72. The van der Waals surface area contributed by atoms with Crippen LogP contribution < -0.4 is 5.73 Å². The van der Waals surface area contributed by atoms with Gasteiger partial charge in [-0.1, -0.05) is 6.08 Å². The number of nitriles is 1. The Bertz CT molecular complexity index is 984. The van der Waals surface area contributed by atoms with Crippen molar-refractivity contribution in [2.24, 2.45) is 5.73 Å². The largest absolute Gasteiger partial charge is 0.391 e. The van der Waals surface area contributed by atoms with Gasteiger partial charge in [0.15, 0.2) is 5.78 Å². The molecule has 0 unspecified atom stereocenters. The second kappa shape index (κ2) is 7.96. The molecule has 0 spiro atoms. The Labute approximate surface area is 170 Å². The Kier molecular flexibility index (Phi) is 5.37. The number of carbonyl (C=O) groups is 1. The number of ketones is 1. The van der Waals surface area contributed by atoms with Gasteiger partial charge in [0.05, 0.1) is 24.3 Å². The van der Waals surface area contributed by atoms with Crippen LogP contribution in [0.1, 0.15) is 46.6 Å². The van der Waals surface area contributed by atoms with E-state index in [-0.39, 0.29) is 17.9 Å². The number of aliphatic hydroxyl groups excluding tert-OH is 1. The highest BCUT2D eigenvalue weighted by Crippen LogP contribution is 2.37. The summed E-state index contributed by atoms with van der Waals surface area (Å²) in [6, 6.07) is 11.8. The fourth-order valence-corrected chi connectivity index (χ4v) is 4.82. The molecular formula is C23H26N4O2. The van der Waals surface area contributed by atoms with Crippen LogP contribution in [0.15, 0.2) is 36.4 Å². The first kappa shape index (κ1) is 19.6. The molecule has 3 atom stereocenters. The van der Waals surface area contributed by atoms with Crippen molar-refractivity contribution in [1.82, 2.24) is 9.47 Å². The molecule has 0 radical (unpaired) electrons. The Morgan fingerprint density at radius 3 is 2.69 bits per heavy atom. The summed E-state index contributed by atoms with van der Waals surface area (Å²) < 4.78 is 2.02. The van der Waals surface area contributed by atoms with Gasteiger partial charge in [-0.3, -0.25) is 9.69 Å². The molecule has 2 aliphatic heterocycles. The summed E-state index contributed by atoms with van der Waals surface area (Å²) in [6.45, 7) is 2.69. The van der Waals surface area contributed by atoms with E-state index < -0.39 is 0 Å². The molecule has 1 aromatic carbocycles. The number of nitrogens with zero attached hydrogens (tertiary/aromatic N) is 3. The number of aliphatic hydroxyl groups is 1. The lowest BCUT2D eigenvalue weighted by Crippen LogP contribution is -2.36. The number of Topliss-reactive ketones (excluding diaryl/α,β-unsaturated/α-hetero) is 1. The topological polar surface area (TPSA) is 95.3 Å². The molecule has 6 heteroatoms. The molecule has 150 valence electrons. The van der Waals surface area contributed by atoms with Gasteiger partial charge in [-0.05, 0) is 62.6 Å². The van der Waals surface area contributed by atoms with E-state index in [9.17, 15) is 9.90 Å². The van der Waals surface area contributed by atoms with Crippen LogP contribution in [0.25, 0.3) is 11.8 Å². The van der Waals surface area contributed by atoms with E-state index in [2.05, 4.69) is 11.0 Å². The SMILES string of the molecule is Cc1c(C(=O)CN2[C@H]3CC[C@H]2[C@H](O)C3)cc(/C=C/CN)n1-c1ccc(C#N)cc1. The lowest BCUT2D eigenvalue weighted by Gasteiger charge is -2.21. The van der Waals surface area contributed by atoms with Crippen LogP contribution in [0.2, 0.25) is 0 Å². The molecule has 0 aliphatic carbocycles. The maximum atomic E-state index is 13.2. The van der Waals surface area contributed by atoms with E-state index in [1.165, 1.54) is 0 Å². The molecule has 4 rings (SSSR count). The minimum Gasteiger partial charge on any atom is -0.391 e. The van der Waals surface area contributed by atoms with Crippen LogP contribution in [0, 0.1) is 18.3 Å². The third-order valence-corrected chi connectivity index (χ3v) is 6.23. The Balaban J connectivity index is 1.67. The summed E-state index contributed by atoms with van der Waals surface area (Å²) in [5, 5.41) is 19.2. The average Bonchev–Trinajstić information content (AvgIpc) is 3.36. The molecule has 29 heavy (non-hydrogen) atoms. The summed E-state index contributed by atoms with van der Waals surface area (Å²) in [7, 11) is 0. The third kappa shape index (κ3) is 3.53. The summed E-state index contributed by atoms with van der Waals surface area (Å²) >= 11 is 0. The molecular weight excluding hydrogens is 364 g/mol. The number of hydrogen-bond acceptors (Lipinski definition) is 5. The first-order valence-electron chi connectivity index (χ1n) is 10.1. The predicted molar refractivity (Wildman–Crippen MR) is 112 cm³/mol. The predicted octanol–water partition coefficient (Wildman–Crippen LogP) is 2.41. The van der Waals surface area contributed by atoms with Crippen molar-refractivity contribution < 1.29 is 9.90 Å². The number of aromatic nitrogens is 1. The standard InChI is InChI=1S/C23H26N4O2/c1-15-20(23(29)14-26-18-8-9-21(26)22(28)12-18)11-19(3-2-10-24)27(15)17-6-4-16(13-25)5-7-17/h2-7,11,18,21-22,28H,8-10,12,14,24H2,1H3/b3-2+/t18-,21-,22+/m0/s1. The minimum atomic E-state index is -0.311. The molecule has 0 amide bonds. The molecule has 3 heterocycles. The first-order valence-corrected chi connectivity index (χ1v) is 10.1. The van der Waals surface area contributed by atoms with Gasteiger partial charge in [0.2, 0.25) is 0 Å². The van der Waals surface area contributed by atoms with Crippen LogP contribution in [0.5, 0.6) is 0 Å². The summed E-state index contributed by atoms with van der Waals surface area (Å²) in [5.74, 6) is 0.0725. The molecule has 0 saturated carbocycles. The number of carbonyl (C=O) groups excluding carboxylic acids is 1. The van der Waals surface area contributed by atoms with Gasteiger partial charge in [-0.25, -0.2) is 0 Å². The van der Waals surface area contributed by atoms with Gasteiger partial charge >= 0.3 is 0 Å². The quantitative estimate of drug-likeness (QED) is 0.739. The van der Waals surface area contributed by atoms with Crippen LogP contribution in [0.4, 0.5) is 0 Å². The number of hydrogen-bond donors (Lipinski definition) is 2. The number of nitrogens with two attached hydrogens (primary N) is 1. The van der Waals surface area contributed by atoms with Gasteiger partial charge in [0.25, 0.3) is 0 Å². The highest BCUT2D eigenvalue weighted by molar-refractivity contribution is 5.99. The average molecular weight is 390 g/mol. The van der Waals surface area contributed by atoms with Crippen molar-refractivity contribution in [2.45, 2.75) is 44.4 Å². The zero-order chi connectivity index (χ0) is 20.5. The zero-order valence-electron chi connectivity index (χ0n) is 16.6. The molecule has 1 aromatic heterocycles. The van der Waals surface area contributed by atoms with Gasteiger partial charge in [0.1, 0.15) is 0 Å². The van der Waals surface area contributed by atoms with Crippen molar-refractivity contribution in [2.75, 3.05) is 13.1 Å². The lowest BCUT2D eigenvalue weighted by molar-refractivity contribution is 0.0873. The Morgan fingerprint density at radius 2 is 2.10 bits per heavy atom. The number of benzene rings is 1. The van der Waals surface area contributed by atoms with Gasteiger partial charge in [-0.15, -0.1) is 0 Å². The van der Waals surface area contributed by atoms with Gasteiger partial charge in [-0.2, -0.15) is 5.26 Å². The molecule has 2 bridgehead atoms. The first-order chi connectivity index (χ1) is 14.0. The van der Waals surface area contributed by atoms with Crippen LogP contribution in [-0.4, -0.2) is 51.6 Å². The van der Waals surface area contributed by atoms with Crippen molar-refractivity contribution in [3.05, 3.63) is 58.9 Å². The van der Waals surface area contributed by atoms with Crippen molar-refractivity contribution in [1.29, 1.82) is 5.26 Å². The maximum Gasteiger partial charge on any atom is 0.178 e. The number of fused-ring (bicyclic) bond motifs is 2. The molecule has 2 saturated heterocycles. The summed E-state index contributed by atoms with van der Waals surface area (Å²) in [6.07, 6.45) is 6.27. The van der Waals surface area contributed by atoms with Crippen LogP contribution in [0.3, 0.4) is 0 Å². The second-order valence-corrected chi connectivity index (χ2v) is 7.90. The minimum absolute atomic E-state index is 0.0725. The molecule has 3 N–H and O–H groups in total. The summed E-state index contributed by atoms with van der Waals surface area (Å²) in [5.41, 5.74) is 9.56. The van der Waals surface area contributed by atoms with Gasteiger partial charge in [0, 0.05) is 41.3 Å². The fraction of sp³-hybridized carbons (Fsp3) is 0.391. The molecule has 2 aromatic rings. The lowest BCUT2D eigenvalue weighted by atomic mass is 9.98. The fourth-order valence-electron chi connectivity index (χ4n) is 4.82. The smallest absolute Gasteiger partial charge is 0.178 e. The molecule has 2 fully saturated rings. The van der Waals surface area contributed by atoms with Gasteiger partial charge < -0.3 is 15.4 Å². The van der Waals surface area contributed by atoms with E-state index in [0.717, 1.165) is 36.3 Å². The monoisotopic (exact) mass is 390 g/mol. The highest BCUT2D eigenvalue weighted by atomic mass is 16.3. The van der Waals surface area contributed by atoms with E-state index in [0.29, 0.717) is 30.3 Å². The Morgan fingerprint density at radius 1 is 1.34 bits per heavy atom. The van der Waals surface area contributed by atoms with Crippen molar-refractivity contribution in [3.63, 3.8) is 0 Å². The molecule has 6 nitrogen and oxygen atoms in total. The van der Waals surface area contributed by atoms with Crippen molar-refractivity contribution >= 4 is 11.9 Å². The molecule has 2 aliphatic rings. The third-order valence-electron chi connectivity index (χ3n) is 6.23.